The Kier molecular flexibility index (Phi) is 4.42. The molecule has 0 spiro atoms. The second kappa shape index (κ2) is 6.51. The zero-order chi connectivity index (χ0) is 17.3. The molecule has 1 aromatic heterocycles. The van der Waals surface area contributed by atoms with E-state index >= 15 is 0 Å². The lowest BCUT2D eigenvalue weighted by atomic mass is 10.0. The Morgan fingerprint density at radius 2 is 1.88 bits per heavy atom. The van der Waals surface area contributed by atoms with Crippen LogP contribution in [-0.4, -0.2) is 24.0 Å². The fourth-order valence-electron chi connectivity index (χ4n) is 3.16. The fraction of sp³-hybridized carbons (Fsp3) is 0.368. The van der Waals surface area contributed by atoms with Crippen LogP contribution in [0.15, 0.2) is 30.3 Å². The van der Waals surface area contributed by atoms with E-state index in [0.717, 1.165) is 18.4 Å². The van der Waals surface area contributed by atoms with Crippen LogP contribution in [-0.2, 0) is 4.74 Å². The maximum Gasteiger partial charge on any atom is 0.339 e. The second-order valence-corrected chi connectivity index (χ2v) is 6.32. The molecule has 0 unspecified atom stereocenters. The molecule has 1 aromatic carbocycles. The Hall–Kier alpha value is -2.56. The summed E-state index contributed by atoms with van der Waals surface area (Å²) in [6.45, 7) is 3.53. The van der Waals surface area contributed by atoms with Gasteiger partial charge in [0.15, 0.2) is 0 Å². The van der Waals surface area contributed by atoms with Crippen molar-refractivity contribution in [1.82, 2.24) is 10.3 Å². The minimum atomic E-state index is -0.429. The van der Waals surface area contributed by atoms with Crippen LogP contribution in [0.3, 0.4) is 0 Å². The average Bonchev–Trinajstić information content (AvgIpc) is 3.38. The number of nitrogens with one attached hydrogen (secondary N) is 2. The number of aryl methyl sites for hydroxylation is 1. The van der Waals surface area contributed by atoms with Gasteiger partial charge in [0, 0.05) is 5.69 Å². The van der Waals surface area contributed by atoms with Crippen LogP contribution in [0.2, 0.25) is 0 Å². The molecule has 1 aliphatic carbocycles. The number of carbonyl (C=O) groups is 2. The van der Waals surface area contributed by atoms with Gasteiger partial charge in [0.1, 0.15) is 5.69 Å². The number of carbonyl (C=O) groups excluding carboxylic acids is 2. The van der Waals surface area contributed by atoms with E-state index < -0.39 is 5.97 Å². The monoisotopic (exact) mass is 326 g/mol. The largest absolute Gasteiger partial charge is 0.465 e. The first-order valence-electron chi connectivity index (χ1n) is 8.16. The molecule has 5 nitrogen and oxygen atoms in total. The molecule has 1 aliphatic rings. The second-order valence-electron chi connectivity index (χ2n) is 6.32. The zero-order valence-corrected chi connectivity index (χ0v) is 14.2. The summed E-state index contributed by atoms with van der Waals surface area (Å²) in [7, 11) is 1.34. The van der Waals surface area contributed by atoms with Crippen molar-refractivity contribution in [3.63, 3.8) is 0 Å². The average molecular weight is 326 g/mol. The lowest BCUT2D eigenvalue weighted by Crippen LogP contribution is -2.30. The van der Waals surface area contributed by atoms with E-state index in [1.165, 1.54) is 7.11 Å². The highest BCUT2D eigenvalue weighted by molar-refractivity contribution is 6.00. The summed E-state index contributed by atoms with van der Waals surface area (Å²) in [5, 5.41) is 3.13. The molecule has 2 N–H and O–H groups in total. The Morgan fingerprint density at radius 3 is 2.46 bits per heavy atom. The van der Waals surface area contributed by atoms with Crippen LogP contribution in [0.5, 0.6) is 0 Å². The summed E-state index contributed by atoms with van der Waals surface area (Å²) in [6.07, 6.45) is 2.24. The van der Waals surface area contributed by atoms with Crippen molar-refractivity contribution in [2.45, 2.75) is 32.7 Å². The number of methoxy groups -OCH3 is 1. The first-order valence-corrected chi connectivity index (χ1v) is 8.16. The first-order chi connectivity index (χ1) is 11.5. The third-order valence-electron chi connectivity index (χ3n) is 4.59. The number of H-pyrrole nitrogens is 1. The number of aromatic amines is 1. The minimum absolute atomic E-state index is 0.00304. The van der Waals surface area contributed by atoms with Gasteiger partial charge in [-0.25, -0.2) is 4.79 Å². The van der Waals surface area contributed by atoms with E-state index in [1.807, 2.05) is 30.3 Å². The van der Waals surface area contributed by atoms with Gasteiger partial charge in [-0.1, -0.05) is 30.3 Å². The highest BCUT2D eigenvalue weighted by atomic mass is 16.5. The first kappa shape index (κ1) is 16.3. The third kappa shape index (κ3) is 3.07. The number of rotatable bonds is 5. The molecule has 0 radical (unpaired) electrons. The van der Waals surface area contributed by atoms with Crippen molar-refractivity contribution >= 4 is 11.9 Å². The molecule has 1 heterocycles. The Bertz CT molecular complexity index is 760. The highest BCUT2D eigenvalue weighted by Crippen LogP contribution is 2.41. The predicted octanol–water partition coefficient (Wildman–Crippen LogP) is 3.30. The molecule has 0 saturated heterocycles. The summed E-state index contributed by atoms with van der Waals surface area (Å²) < 4.78 is 4.80. The quantitative estimate of drug-likeness (QED) is 0.828. The van der Waals surface area contributed by atoms with Crippen molar-refractivity contribution < 1.29 is 14.3 Å². The van der Waals surface area contributed by atoms with Gasteiger partial charge in [0.2, 0.25) is 0 Å². The van der Waals surface area contributed by atoms with Crippen molar-refractivity contribution in [3.8, 4) is 0 Å². The van der Waals surface area contributed by atoms with Crippen molar-refractivity contribution in [1.29, 1.82) is 0 Å². The van der Waals surface area contributed by atoms with E-state index in [-0.39, 0.29) is 11.9 Å². The zero-order valence-electron chi connectivity index (χ0n) is 14.2. The summed E-state index contributed by atoms with van der Waals surface area (Å²) >= 11 is 0. The van der Waals surface area contributed by atoms with E-state index in [4.69, 9.17) is 4.74 Å². The van der Waals surface area contributed by atoms with Gasteiger partial charge in [-0.3, -0.25) is 4.79 Å². The number of esters is 1. The number of benzene rings is 1. The van der Waals surface area contributed by atoms with Crippen LogP contribution < -0.4 is 5.32 Å². The van der Waals surface area contributed by atoms with Crippen LogP contribution in [0.1, 0.15) is 56.6 Å². The van der Waals surface area contributed by atoms with E-state index in [1.54, 1.807) is 13.8 Å². The molecule has 1 fully saturated rings. The van der Waals surface area contributed by atoms with Crippen LogP contribution in [0.25, 0.3) is 0 Å². The number of hydrogen-bond acceptors (Lipinski definition) is 3. The molecular formula is C19H22N2O3. The molecule has 3 rings (SSSR count). The van der Waals surface area contributed by atoms with Crippen LogP contribution >= 0.6 is 0 Å². The predicted molar refractivity (Wildman–Crippen MR) is 91.0 cm³/mol. The molecule has 1 saturated carbocycles. The van der Waals surface area contributed by atoms with Gasteiger partial charge in [0.25, 0.3) is 5.91 Å². The molecular weight excluding hydrogens is 304 g/mol. The Labute approximate surface area is 141 Å². The van der Waals surface area contributed by atoms with Crippen LogP contribution in [0, 0.1) is 19.8 Å². The number of amides is 1. The van der Waals surface area contributed by atoms with E-state index in [2.05, 4.69) is 10.3 Å². The molecule has 1 atom stereocenters. The molecule has 0 bridgehead atoms. The normalized spacial score (nSPS) is 15.0. The van der Waals surface area contributed by atoms with Gasteiger partial charge in [0.05, 0.1) is 18.7 Å². The molecule has 1 amide bonds. The standard InChI is InChI=1S/C19H22N2O3/c1-11-15(19(23)24-3)12(2)20-16(11)18(22)21-17(14-9-10-14)13-7-5-4-6-8-13/h4-8,14,17,20H,9-10H2,1-3H3,(H,21,22)/t17-/m1/s1. The van der Waals surface area contributed by atoms with Gasteiger partial charge in [-0.05, 0) is 43.7 Å². The van der Waals surface area contributed by atoms with E-state index in [0.29, 0.717) is 28.4 Å². The number of aromatic nitrogens is 1. The lowest BCUT2D eigenvalue weighted by molar-refractivity contribution is 0.0599. The summed E-state index contributed by atoms with van der Waals surface area (Å²) in [4.78, 5) is 27.7. The number of ether oxygens (including phenoxy) is 1. The van der Waals surface area contributed by atoms with Crippen LogP contribution in [0.4, 0.5) is 0 Å². The van der Waals surface area contributed by atoms with Gasteiger partial charge >= 0.3 is 5.97 Å². The van der Waals surface area contributed by atoms with Crippen molar-refractivity contribution in [2.75, 3.05) is 7.11 Å². The molecule has 5 heteroatoms. The summed E-state index contributed by atoms with van der Waals surface area (Å²) in [5.41, 5.74) is 3.24. The highest BCUT2D eigenvalue weighted by Gasteiger charge is 2.34. The maximum absolute atomic E-state index is 12.8. The fourth-order valence-corrected chi connectivity index (χ4v) is 3.16. The molecule has 0 aliphatic heterocycles. The van der Waals surface area contributed by atoms with E-state index in [9.17, 15) is 9.59 Å². The SMILES string of the molecule is COC(=O)c1c(C)[nH]c(C(=O)N[C@H](c2ccccc2)C2CC2)c1C. The lowest BCUT2D eigenvalue weighted by Gasteiger charge is -2.18. The van der Waals surface area contributed by atoms with Gasteiger partial charge < -0.3 is 15.0 Å². The molecule has 126 valence electrons. The number of hydrogen-bond donors (Lipinski definition) is 2. The summed E-state index contributed by atoms with van der Waals surface area (Å²) in [5.74, 6) is -0.138. The van der Waals surface area contributed by atoms with Gasteiger partial charge in [-0.15, -0.1) is 0 Å². The topological polar surface area (TPSA) is 71.2 Å². The minimum Gasteiger partial charge on any atom is -0.465 e. The smallest absolute Gasteiger partial charge is 0.339 e. The molecule has 24 heavy (non-hydrogen) atoms. The molecule has 2 aromatic rings. The Morgan fingerprint density at radius 1 is 1.21 bits per heavy atom. The third-order valence-corrected chi connectivity index (χ3v) is 4.59. The maximum atomic E-state index is 12.8. The Balaban J connectivity index is 1.85. The van der Waals surface area contributed by atoms with Gasteiger partial charge in [-0.2, -0.15) is 0 Å². The van der Waals surface area contributed by atoms with Crippen molar-refractivity contribution in [2.24, 2.45) is 5.92 Å². The summed E-state index contributed by atoms with van der Waals surface area (Å²) in [6, 6.07) is 10.0. The van der Waals surface area contributed by atoms with Crippen molar-refractivity contribution in [3.05, 3.63) is 58.4 Å².